The molecule has 1 rings (SSSR count). The smallest absolute Gasteiger partial charge is 0.213 e. The van der Waals surface area contributed by atoms with Gasteiger partial charge in [0.25, 0.3) is 0 Å². The number of hydrogen-bond donors (Lipinski definition) is 2. The fraction of sp³-hybridized carbons (Fsp3) is 0.167. The van der Waals surface area contributed by atoms with Gasteiger partial charge in [-0.25, -0.2) is 0 Å². The minimum Gasteiger partial charge on any atom is -0.424 e. The zero-order valence-electron chi connectivity index (χ0n) is 5.51. The van der Waals surface area contributed by atoms with Gasteiger partial charge in [0.15, 0.2) is 5.88 Å². The molecule has 0 amide bonds. The molecule has 0 atom stereocenters. The molecule has 10 heavy (non-hydrogen) atoms. The largest absolute Gasteiger partial charge is 0.424 e. The number of nitrogens with two attached hydrogens (primary N) is 1. The van der Waals surface area contributed by atoms with E-state index >= 15 is 0 Å². The normalized spacial score (nSPS) is 8.80. The Bertz CT molecular complexity index is 271. The van der Waals surface area contributed by atoms with Gasteiger partial charge < -0.3 is 15.5 Å². The monoisotopic (exact) mass is 137 g/mol. The maximum Gasteiger partial charge on any atom is 0.213 e. The van der Waals surface area contributed by atoms with Gasteiger partial charge in [-0.3, -0.25) is 0 Å². The lowest BCUT2D eigenvalue weighted by Crippen LogP contribution is -1.86. The van der Waals surface area contributed by atoms with Gasteiger partial charge in [-0.05, 0) is 0 Å². The Labute approximate surface area is 58.2 Å². The summed E-state index contributed by atoms with van der Waals surface area (Å²) in [6, 6.07) is 3.41. The first-order chi connectivity index (χ1) is 4.77. The lowest BCUT2D eigenvalue weighted by Gasteiger charge is -1.90. The summed E-state index contributed by atoms with van der Waals surface area (Å²) >= 11 is 0. The second kappa shape index (κ2) is 2.31. The molecule has 0 saturated heterocycles. The lowest BCUT2D eigenvalue weighted by atomic mass is 10.3. The van der Waals surface area contributed by atoms with E-state index in [9.17, 15) is 0 Å². The number of nitrogen functional groups attached to an aromatic ring is 1. The minimum absolute atomic E-state index is 0.251. The van der Waals surface area contributed by atoms with Crippen molar-refractivity contribution in [3.8, 4) is 6.07 Å². The SMILES string of the molecule is CNc1oc(N)cc1C#N. The molecule has 0 unspecified atom stereocenters. The van der Waals surface area contributed by atoms with Crippen LogP contribution in [0.5, 0.6) is 0 Å². The molecule has 1 aromatic rings. The highest BCUT2D eigenvalue weighted by molar-refractivity contribution is 5.54. The Balaban J connectivity index is 3.12. The van der Waals surface area contributed by atoms with E-state index in [2.05, 4.69) is 5.32 Å². The maximum absolute atomic E-state index is 8.46. The van der Waals surface area contributed by atoms with Crippen LogP contribution in [0.1, 0.15) is 5.56 Å². The molecule has 0 aromatic carbocycles. The first-order valence-corrected chi connectivity index (χ1v) is 2.75. The second-order valence-corrected chi connectivity index (χ2v) is 1.75. The predicted octanol–water partition coefficient (Wildman–Crippen LogP) is 0.775. The average molecular weight is 137 g/mol. The van der Waals surface area contributed by atoms with Crippen molar-refractivity contribution in [2.24, 2.45) is 0 Å². The quantitative estimate of drug-likeness (QED) is 0.599. The van der Waals surface area contributed by atoms with Crippen molar-refractivity contribution in [2.75, 3.05) is 18.1 Å². The van der Waals surface area contributed by atoms with E-state index in [1.165, 1.54) is 6.07 Å². The van der Waals surface area contributed by atoms with Crippen LogP contribution in [0.2, 0.25) is 0 Å². The summed E-state index contributed by atoms with van der Waals surface area (Å²) in [6.45, 7) is 0. The molecule has 0 fully saturated rings. The Morgan fingerprint density at radius 1 is 1.80 bits per heavy atom. The highest BCUT2D eigenvalue weighted by atomic mass is 16.4. The van der Waals surface area contributed by atoms with E-state index in [0.29, 0.717) is 11.4 Å². The number of hydrogen-bond acceptors (Lipinski definition) is 4. The molecule has 0 radical (unpaired) electrons. The molecule has 0 aliphatic heterocycles. The number of nitriles is 1. The Hall–Kier alpha value is -1.63. The van der Waals surface area contributed by atoms with E-state index in [0.717, 1.165) is 0 Å². The highest BCUT2D eigenvalue weighted by Crippen LogP contribution is 2.20. The molecule has 0 aliphatic carbocycles. The number of furan rings is 1. The van der Waals surface area contributed by atoms with Crippen LogP contribution in [-0.4, -0.2) is 7.05 Å². The second-order valence-electron chi connectivity index (χ2n) is 1.75. The summed E-state index contributed by atoms with van der Waals surface area (Å²) in [6.07, 6.45) is 0. The van der Waals surface area contributed by atoms with Crippen LogP contribution >= 0.6 is 0 Å². The summed E-state index contributed by atoms with van der Waals surface area (Å²) in [5.41, 5.74) is 5.70. The van der Waals surface area contributed by atoms with Gasteiger partial charge in [0, 0.05) is 13.1 Å². The van der Waals surface area contributed by atoms with Crippen LogP contribution in [0.3, 0.4) is 0 Å². The van der Waals surface area contributed by atoms with Crippen molar-refractivity contribution < 1.29 is 4.42 Å². The number of anilines is 2. The van der Waals surface area contributed by atoms with Crippen LogP contribution in [0.4, 0.5) is 11.8 Å². The third kappa shape index (κ3) is 0.890. The Kier molecular flexibility index (Phi) is 1.50. The van der Waals surface area contributed by atoms with Gasteiger partial charge >= 0.3 is 0 Å². The zero-order valence-corrected chi connectivity index (χ0v) is 5.51. The predicted molar refractivity (Wildman–Crippen MR) is 37.4 cm³/mol. The minimum atomic E-state index is 0.251. The molecular weight excluding hydrogens is 130 g/mol. The maximum atomic E-state index is 8.46. The van der Waals surface area contributed by atoms with Crippen LogP contribution in [-0.2, 0) is 0 Å². The fourth-order valence-electron chi connectivity index (χ4n) is 0.679. The molecule has 0 bridgehead atoms. The van der Waals surface area contributed by atoms with Crippen LogP contribution in [0.15, 0.2) is 10.5 Å². The van der Waals surface area contributed by atoms with Gasteiger partial charge in [-0.1, -0.05) is 0 Å². The fourth-order valence-corrected chi connectivity index (χ4v) is 0.679. The van der Waals surface area contributed by atoms with Gasteiger partial charge in [-0.2, -0.15) is 5.26 Å². The molecule has 0 saturated carbocycles. The lowest BCUT2D eigenvalue weighted by molar-refractivity contribution is 0.603. The topological polar surface area (TPSA) is 75.0 Å². The van der Waals surface area contributed by atoms with Crippen molar-refractivity contribution in [2.45, 2.75) is 0 Å². The van der Waals surface area contributed by atoms with E-state index in [1.807, 2.05) is 6.07 Å². The van der Waals surface area contributed by atoms with Crippen molar-refractivity contribution in [1.82, 2.24) is 0 Å². The number of rotatable bonds is 1. The van der Waals surface area contributed by atoms with Crippen molar-refractivity contribution in [3.63, 3.8) is 0 Å². The first-order valence-electron chi connectivity index (χ1n) is 2.75. The Morgan fingerprint density at radius 2 is 2.50 bits per heavy atom. The molecule has 3 N–H and O–H groups in total. The van der Waals surface area contributed by atoms with Gasteiger partial charge in [0.05, 0.1) is 0 Å². The highest BCUT2D eigenvalue weighted by Gasteiger charge is 2.05. The van der Waals surface area contributed by atoms with E-state index in [-0.39, 0.29) is 5.88 Å². The van der Waals surface area contributed by atoms with Crippen molar-refractivity contribution >= 4 is 11.8 Å². The van der Waals surface area contributed by atoms with Crippen LogP contribution in [0.25, 0.3) is 0 Å². The molecule has 4 heteroatoms. The van der Waals surface area contributed by atoms with E-state index in [4.69, 9.17) is 15.4 Å². The van der Waals surface area contributed by atoms with Gasteiger partial charge in [0.1, 0.15) is 11.6 Å². The van der Waals surface area contributed by atoms with Crippen molar-refractivity contribution in [1.29, 1.82) is 5.26 Å². The summed E-state index contributed by atoms with van der Waals surface area (Å²) in [7, 11) is 1.67. The van der Waals surface area contributed by atoms with E-state index in [1.54, 1.807) is 7.05 Å². The summed E-state index contributed by atoms with van der Waals surface area (Å²) in [5.74, 6) is 0.668. The molecule has 0 aliphatic rings. The molecule has 1 aromatic heterocycles. The third-order valence-corrected chi connectivity index (χ3v) is 1.10. The molecule has 4 nitrogen and oxygen atoms in total. The average Bonchev–Trinajstić information content (AvgIpc) is 2.30. The molecular formula is C6H7N3O. The molecule has 0 spiro atoms. The molecule has 52 valence electrons. The standard InChI is InChI=1S/C6H7N3O/c1-9-6-4(3-7)2-5(8)10-6/h2,9H,8H2,1H3. The summed E-state index contributed by atoms with van der Waals surface area (Å²) in [5, 5.41) is 11.2. The van der Waals surface area contributed by atoms with E-state index < -0.39 is 0 Å². The number of nitrogens with one attached hydrogen (secondary N) is 1. The Morgan fingerprint density at radius 3 is 2.90 bits per heavy atom. The van der Waals surface area contributed by atoms with Crippen LogP contribution < -0.4 is 11.1 Å². The van der Waals surface area contributed by atoms with Gasteiger partial charge in [0.2, 0.25) is 5.88 Å². The summed E-state index contributed by atoms with van der Waals surface area (Å²) < 4.78 is 4.90. The first kappa shape index (κ1) is 6.49. The van der Waals surface area contributed by atoms with Crippen LogP contribution in [0, 0.1) is 11.3 Å². The summed E-state index contributed by atoms with van der Waals surface area (Å²) in [4.78, 5) is 0. The third-order valence-electron chi connectivity index (χ3n) is 1.10. The van der Waals surface area contributed by atoms with Gasteiger partial charge in [-0.15, -0.1) is 0 Å². The number of nitrogens with zero attached hydrogens (tertiary/aromatic N) is 1. The van der Waals surface area contributed by atoms with Crippen molar-refractivity contribution in [3.05, 3.63) is 11.6 Å². The molecule has 1 heterocycles. The zero-order chi connectivity index (χ0) is 7.56.